The van der Waals surface area contributed by atoms with Gasteiger partial charge in [-0.2, -0.15) is 0 Å². The summed E-state index contributed by atoms with van der Waals surface area (Å²) in [5.41, 5.74) is 0. The molecule has 1 N–H and O–H groups in total. The molecule has 1 aromatic heterocycles. The van der Waals surface area contributed by atoms with Crippen LogP contribution < -0.4 is 5.32 Å². The van der Waals surface area contributed by atoms with Gasteiger partial charge in [-0.15, -0.1) is 0 Å². The Morgan fingerprint density at radius 1 is 1.64 bits per heavy atom. The molecule has 14 heavy (non-hydrogen) atoms. The van der Waals surface area contributed by atoms with Crippen molar-refractivity contribution >= 4 is 5.91 Å². The molecule has 0 aromatic carbocycles. The molecule has 1 aliphatic heterocycles. The van der Waals surface area contributed by atoms with E-state index in [4.69, 9.17) is 4.42 Å². The molecule has 0 bridgehead atoms. The number of rotatable bonds is 2. The molecular formula is C10H14N2O2. The number of nitrogens with zero attached hydrogens (tertiary/aromatic N) is 1. The van der Waals surface area contributed by atoms with Gasteiger partial charge in [-0.3, -0.25) is 10.1 Å². The molecular weight excluding hydrogens is 180 g/mol. The van der Waals surface area contributed by atoms with E-state index in [9.17, 15) is 4.79 Å². The van der Waals surface area contributed by atoms with Crippen molar-refractivity contribution in [2.24, 2.45) is 0 Å². The zero-order chi connectivity index (χ0) is 10.1. The number of carbonyl (C=O) groups is 1. The van der Waals surface area contributed by atoms with Crippen LogP contribution in [0.1, 0.15) is 24.6 Å². The zero-order valence-electron chi connectivity index (χ0n) is 8.41. The van der Waals surface area contributed by atoms with Crippen LogP contribution in [0, 0.1) is 0 Å². The highest BCUT2D eigenvalue weighted by Crippen LogP contribution is 2.22. The van der Waals surface area contributed by atoms with Crippen LogP contribution in [0.5, 0.6) is 0 Å². The molecule has 4 heteroatoms. The van der Waals surface area contributed by atoms with E-state index < -0.39 is 0 Å². The number of amides is 1. The summed E-state index contributed by atoms with van der Waals surface area (Å²) < 4.78 is 5.58. The lowest BCUT2D eigenvalue weighted by Crippen LogP contribution is -2.25. The molecule has 0 spiro atoms. The van der Waals surface area contributed by atoms with Crippen molar-refractivity contribution in [3.05, 3.63) is 23.7 Å². The highest BCUT2D eigenvalue weighted by atomic mass is 16.3. The lowest BCUT2D eigenvalue weighted by molar-refractivity contribution is -0.126. The van der Waals surface area contributed by atoms with Crippen LogP contribution in [0.25, 0.3) is 0 Å². The second kappa shape index (κ2) is 3.46. The predicted molar refractivity (Wildman–Crippen MR) is 51.6 cm³/mol. The number of carbonyl (C=O) groups excluding carboxylic acids is 1. The van der Waals surface area contributed by atoms with Crippen molar-refractivity contribution in [1.29, 1.82) is 0 Å². The largest absolute Gasteiger partial charge is 0.462 e. The van der Waals surface area contributed by atoms with Gasteiger partial charge in [-0.1, -0.05) is 6.92 Å². The van der Waals surface area contributed by atoms with E-state index >= 15 is 0 Å². The summed E-state index contributed by atoms with van der Waals surface area (Å²) in [6.07, 6.45) is 0.785. The van der Waals surface area contributed by atoms with E-state index in [2.05, 4.69) is 5.32 Å². The number of nitrogens with one attached hydrogen (secondary N) is 1. The SMILES string of the molecule is CCc1ccc(C2NCC(=O)N2C)o1. The number of hydrogen-bond acceptors (Lipinski definition) is 3. The van der Waals surface area contributed by atoms with E-state index in [1.807, 2.05) is 19.1 Å². The first-order valence-corrected chi connectivity index (χ1v) is 4.80. The van der Waals surface area contributed by atoms with Crippen molar-refractivity contribution in [2.75, 3.05) is 13.6 Å². The van der Waals surface area contributed by atoms with Gasteiger partial charge in [0.05, 0.1) is 6.54 Å². The highest BCUT2D eigenvalue weighted by Gasteiger charge is 2.30. The molecule has 0 saturated carbocycles. The Morgan fingerprint density at radius 3 is 2.93 bits per heavy atom. The lowest BCUT2D eigenvalue weighted by Gasteiger charge is -2.16. The van der Waals surface area contributed by atoms with Crippen LogP contribution in [0.2, 0.25) is 0 Å². The topological polar surface area (TPSA) is 45.5 Å². The third-order valence-electron chi connectivity index (χ3n) is 2.53. The molecule has 1 aliphatic rings. The molecule has 4 nitrogen and oxygen atoms in total. The van der Waals surface area contributed by atoms with Gasteiger partial charge in [0.15, 0.2) is 0 Å². The van der Waals surface area contributed by atoms with Gasteiger partial charge in [0.2, 0.25) is 5.91 Å². The molecule has 1 atom stereocenters. The predicted octanol–water partition coefficient (Wildman–Crippen LogP) is 0.902. The molecule has 1 fully saturated rings. The fourth-order valence-electron chi connectivity index (χ4n) is 1.61. The molecule has 0 radical (unpaired) electrons. The van der Waals surface area contributed by atoms with Gasteiger partial charge < -0.3 is 9.32 Å². The summed E-state index contributed by atoms with van der Waals surface area (Å²) in [6, 6.07) is 3.87. The first-order chi connectivity index (χ1) is 6.72. The Morgan fingerprint density at radius 2 is 2.43 bits per heavy atom. The molecule has 1 saturated heterocycles. The van der Waals surface area contributed by atoms with Gasteiger partial charge in [-0.05, 0) is 12.1 Å². The monoisotopic (exact) mass is 194 g/mol. The first-order valence-electron chi connectivity index (χ1n) is 4.80. The average molecular weight is 194 g/mol. The Bertz CT molecular complexity index is 346. The third-order valence-corrected chi connectivity index (χ3v) is 2.53. The summed E-state index contributed by atoms with van der Waals surface area (Å²) in [5.74, 6) is 1.87. The quantitative estimate of drug-likeness (QED) is 0.761. The number of likely N-dealkylation sites (N-methyl/N-ethyl adjacent to an activating group) is 1. The maximum absolute atomic E-state index is 11.3. The average Bonchev–Trinajstić information content (AvgIpc) is 2.75. The van der Waals surface area contributed by atoms with Crippen molar-refractivity contribution in [3.63, 3.8) is 0 Å². The normalized spacial score (nSPS) is 22.0. The summed E-state index contributed by atoms with van der Waals surface area (Å²) in [7, 11) is 1.78. The molecule has 76 valence electrons. The molecule has 1 unspecified atom stereocenters. The van der Waals surface area contributed by atoms with Crippen molar-refractivity contribution in [2.45, 2.75) is 19.5 Å². The minimum absolute atomic E-state index is 0.0946. The highest BCUT2D eigenvalue weighted by molar-refractivity contribution is 5.80. The number of furan rings is 1. The lowest BCUT2D eigenvalue weighted by atomic mass is 10.3. The summed E-state index contributed by atoms with van der Waals surface area (Å²) in [5, 5.41) is 3.09. The molecule has 1 aromatic rings. The Balaban J connectivity index is 2.19. The smallest absolute Gasteiger partial charge is 0.237 e. The Labute approximate surface area is 82.9 Å². The molecule has 2 heterocycles. The maximum Gasteiger partial charge on any atom is 0.237 e. The van der Waals surface area contributed by atoms with Crippen LogP contribution in [0.15, 0.2) is 16.5 Å². The Kier molecular flexibility index (Phi) is 2.29. The van der Waals surface area contributed by atoms with Crippen molar-refractivity contribution in [3.8, 4) is 0 Å². The van der Waals surface area contributed by atoms with E-state index in [1.54, 1.807) is 11.9 Å². The van der Waals surface area contributed by atoms with Crippen LogP contribution in [0.3, 0.4) is 0 Å². The summed E-state index contributed by atoms with van der Waals surface area (Å²) in [6.45, 7) is 2.43. The zero-order valence-corrected chi connectivity index (χ0v) is 8.41. The van der Waals surface area contributed by atoms with Gasteiger partial charge >= 0.3 is 0 Å². The van der Waals surface area contributed by atoms with Crippen molar-refractivity contribution < 1.29 is 9.21 Å². The fraction of sp³-hybridized carbons (Fsp3) is 0.500. The molecule has 1 amide bonds. The van der Waals surface area contributed by atoms with E-state index in [1.165, 1.54) is 0 Å². The van der Waals surface area contributed by atoms with Gasteiger partial charge in [0, 0.05) is 13.5 Å². The van der Waals surface area contributed by atoms with Gasteiger partial charge in [-0.25, -0.2) is 0 Å². The van der Waals surface area contributed by atoms with Crippen LogP contribution >= 0.6 is 0 Å². The minimum atomic E-state index is -0.0946. The summed E-state index contributed by atoms with van der Waals surface area (Å²) in [4.78, 5) is 12.9. The second-order valence-corrected chi connectivity index (χ2v) is 3.45. The summed E-state index contributed by atoms with van der Waals surface area (Å²) >= 11 is 0. The van der Waals surface area contributed by atoms with Gasteiger partial charge in [0.1, 0.15) is 17.7 Å². The Hall–Kier alpha value is -1.29. The van der Waals surface area contributed by atoms with Crippen LogP contribution in [-0.2, 0) is 11.2 Å². The van der Waals surface area contributed by atoms with Gasteiger partial charge in [0.25, 0.3) is 0 Å². The molecule has 0 aliphatic carbocycles. The van der Waals surface area contributed by atoms with Crippen LogP contribution in [0.4, 0.5) is 0 Å². The van der Waals surface area contributed by atoms with Crippen LogP contribution in [-0.4, -0.2) is 24.4 Å². The molecule has 2 rings (SSSR count). The number of aryl methyl sites for hydroxylation is 1. The van der Waals surface area contributed by atoms with E-state index in [0.29, 0.717) is 6.54 Å². The first kappa shape index (κ1) is 9.27. The number of hydrogen-bond donors (Lipinski definition) is 1. The maximum atomic E-state index is 11.3. The van der Waals surface area contributed by atoms with E-state index in [0.717, 1.165) is 17.9 Å². The minimum Gasteiger partial charge on any atom is -0.462 e. The van der Waals surface area contributed by atoms with Crippen molar-refractivity contribution in [1.82, 2.24) is 10.2 Å². The van der Waals surface area contributed by atoms with E-state index in [-0.39, 0.29) is 12.1 Å². The fourth-order valence-corrected chi connectivity index (χ4v) is 1.61. The third kappa shape index (κ3) is 1.42. The standard InChI is InChI=1S/C10H14N2O2/c1-3-7-4-5-8(14-7)10-11-6-9(13)12(10)2/h4-5,10-11H,3,6H2,1-2H3. The second-order valence-electron chi connectivity index (χ2n) is 3.45.